The van der Waals surface area contributed by atoms with Gasteiger partial charge in [-0.2, -0.15) is 0 Å². The predicted octanol–water partition coefficient (Wildman–Crippen LogP) is 8.27. The number of hydrogen-bond donors (Lipinski definition) is 0. The molecule has 0 amide bonds. The summed E-state index contributed by atoms with van der Waals surface area (Å²) in [4.78, 5) is 0. The number of furan rings is 1. The van der Waals surface area contributed by atoms with E-state index >= 15 is 0 Å². The Morgan fingerprint density at radius 3 is 2.48 bits per heavy atom. The first-order valence-corrected chi connectivity index (χ1v) is 10.0. The van der Waals surface area contributed by atoms with Crippen molar-refractivity contribution in [1.82, 2.24) is 0 Å². The second kappa shape index (κ2) is 5.59. The summed E-state index contributed by atoms with van der Waals surface area (Å²) in [5.41, 5.74) is 4.08. The van der Waals surface area contributed by atoms with E-state index in [4.69, 9.17) is 16.0 Å². The van der Waals surface area contributed by atoms with Crippen molar-refractivity contribution >= 4 is 65.0 Å². The Bertz CT molecular complexity index is 1490. The summed E-state index contributed by atoms with van der Waals surface area (Å²) in [6, 6.07) is 27.5. The zero-order chi connectivity index (χ0) is 18.0. The van der Waals surface area contributed by atoms with Crippen molar-refractivity contribution in [3.05, 3.63) is 83.9 Å². The van der Waals surface area contributed by atoms with Crippen LogP contribution < -0.4 is 0 Å². The highest BCUT2D eigenvalue weighted by Gasteiger charge is 2.13. The lowest BCUT2D eigenvalue weighted by atomic mass is 10.0. The van der Waals surface area contributed by atoms with E-state index in [9.17, 15) is 0 Å². The highest BCUT2D eigenvalue weighted by Crippen LogP contribution is 2.41. The van der Waals surface area contributed by atoms with Crippen LogP contribution in [0.3, 0.4) is 0 Å². The van der Waals surface area contributed by atoms with E-state index in [-0.39, 0.29) is 0 Å². The van der Waals surface area contributed by atoms with Gasteiger partial charge in [-0.3, -0.25) is 0 Å². The molecule has 1 nitrogen and oxygen atoms in total. The van der Waals surface area contributed by atoms with Gasteiger partial charge in [0.1, 0.15) is 5.58 Å². The van der Waals surface area contributed by atoms with Crippen LogP contribution >= 0.6 is 22.9 Å². The van der Waals surface area contributed by atoms with Gasteiger partial charge in [0.05, 0.1) is 5.02 Å². The predicted molar refractivity (Wildman–Crippen MR) is 117 cm³/mol. The van der Waals surface area contributed by atoms with Crippen LogP contribution in [0.2, 0.25) is 5.02 Å². The highest BCUT2D eigenvalue weighted by molar-refractivity contribution is 7.26. The first-order valence-electron chi connectivity index (χ1n) is 8.81. The van der Waals surface area contributed by atoms with Crippen LogP contribution in [0.5, 0.6) is 0 Å². The zero-order valence-corrected chi connectivity index (χ0v) is 15.8. The fourth-order valence-corrected chi connectivity index (χ4v) is 5.36. The van der Waals surface area contributed by atoms with E-state index in [1.54, 1.807) is 0 Å². The lowest BCUT2D eigenvalue weighted by Gasteiger charge is -2.04. The minimum absolute atomic E-state index is 0.650. The summed E-state index contributed by atoms with van der Waals surface area (Å²) in [6.07, 6.45) is 0. The maximum atomic E-state index is 6.32. The number of halogens is 1. The van der Waals surface area contributed by atoms with Gasteiger partial charge in [-0.15, -0.1) is 11.3 Å². The van der Waals surface area contributed by atoms with Gasteiger partial charge in [-0.25, -0.2) is 0 Å². The molecule has 0 saturated heterocycles. The van der Waals surface area contributed by atoms with E-state index < -0.39 is 0 Å². The van der Waals surface area contributed by atoms with Crippen LogP contribution in [0.15, 0.2) is 83.3 Å². The van der Waals surface area contributed by atoms with Crippen LogP contribution in [0.4, 0.5) is 0 Å². The Morgan fingerprint density at radius 1 is 0.704 bits per heavy atom. The van der Waals surface area contributed by atoms with Crippen LogP contribution in [-0.2, 0) is 0 Å². The molecule has 3 heteroatoms. The molecule has 2 aromatic heterocycles. The average Bonchev–Trinajstić information content (AvgIpc) is 3.27. The summed E-state index contributed by atoms with van der Waals surface area (Å²) in [6.45, 7) is 0. The van der Waals surface area contributed by atoms with Crippen molar-refractivity contribution in [2.45, 2.75) is 0 Å². The third-order valence-electron chi connectivity index (χ3n) is 5.16. The molecule has 128 valence electrons. The Kier molecular flexibility index (Phi) is 3.16. The monoisotopic (exact) mass is 384 g/mol. The smallest absolute Gasteiger partial charge is 0.153 e. The SMILES string of the molecule is Clc1cccc2c1oc1ccc(-c3cccc4c3sc3ccccc34)cc12. The van der Waals surface area contributed by atoms with Crippen molar-refractivity contribution < 1.29 is 4.42 Å². The lowest BCUT2D eigenvalue weighted by molar-refractivity contribution is 0.669. The van der Waals surface area contributed by atoms with Crippen molar-refractivity contribution in [2.75, 3.05) is 0 Å². The maximum absolute atomic E-state index is 6.32. The van der Waals surface area contributed by atoms with Gasteiger partial charge in [0.25, 0.3) is 0 Å². The molecule has 4 aromatic carbocycles. The first kappa shape index (κ1) is 15.3. The fraction of sp³-hybridized carbons (Fsp3) is 0. The van der Waals surface area contributed by atoms with Gasteiger partial charge in [0.2, 0.25) is 0 Å². The maximum Gasteiger partial charge on any atom is 0.153 e. The van der Waals surface area contributed by atoms with Crippen LogP contribution in [0, 0.1) is 0 Å². The second-order valence-corrected chi connectivity index (χ2v) is 8.17. The molecule has 6 aromatic rings. The van der Waals surface area contributed by atoms with Gasteiger partial charge < -0.3 is 4.42 Å². The standard InChI is InChI=1S/C24H13ClOS/c25-20-9-4-7-17-19-13-14(11-12-21(19)26-23(17)20)15-6-3-8-18-16-5-1-2-10-22(16)27-24(15)18/h1-13H. The number of fused-ring (bicyclic) bond motifs is 6. The normalized spacial score (nSPS) is 11.9. The molecule has 0 spiro atoms. The quantitative estimate of drug-likeness (QED) is 0.278. The van der Waals surface area contributed by atoms with Crippen molar-refractivity contribution in [2.24, 2.45) is 0 Å². The van der Waals surface area contributed by atoms with E-state index in [2.05, 4.69) is 60.7 Å². The molecule has 0 bridgehead atoms. The molecule has 0 aliphatic rings. The zero-order valence-electron chi connectivity index (χ0n) is 14.2. The minimum Gasteiger partial charge on any atom is -0.454 e. The third kappa shape index (κ3) is 2.18. The Balaban J connectivity index is 1.68. The summed E-state index contributed by atoms with van der Waals surface area (Å²) < 4.78 is 8.62. The summed E-state index contributed by atoms with van der Waals surface area (Å²) >= 11 is 8.17. The number of para-hydroxylation sites is 1. The van der Waals surface area contributed by atoms with Crippen LogP contribution in [0.1, 0.15) is 0 Å². The third-order valence-corrected chi connectivity index (χ3v) is 6.68. The minimum atomic E-state index is 0.650. The van der Waals surface area contributed by atoms with Crippen molar-refractivity contribution in [3.8, 4) is 11.1 Å². The largest absolute Gasteiger partial charge is 0.454 e. The Morgan fingerprint density at radius 2 is 1.52 bits per heavy atom. The number of benzene rings is 4. The molecule has 2 heterocycles. The van der Waals surface area contributed by atoms with Gasteiger partial charge in [0.15, 0.2) is 5.58 Å². The number of thiophene rings is 1. The molecular weight excluding hydrogens is 372 g/mol. The Hall–Kier alpha value is -2.81. The topological polar surface area (TPSA) is 13.1 Å². The summed E-state index contributed by atoms with van der Waals surface area (Å²) in [5, 5.41) is 5.44. The lowest BCUT2D eigenvalue weighted by Crippen LogP contribution is -1.78. The molecule has 0 aliphatic carbocycles. The number of hydrogen-bond acceptors (Lipinski definition) is 2. The summed E-state index contributed by atoms with van der Waals surface area (Å²) in [5.74, 6) is 0. The number of rotatable bonds is 1. The molecule has 27 heavy (non-hydrogen) atoms. The molecule has 0 N–H and O–H groups in total. The molecule has 0 unspecified atom stereocenters. The molecule has 0 fully saturated rings. The fourth-order valence-electron chi connectivity index (χ4n) is 3.91. The molecule has 0 radical (unpaired) electrons. The highest BCUT2D eigenvalue weighted by atomic mass is 35.5. The second-order valence-electron chi connectivity index (χ2n) is 6.71. The first-order chi connectivity index (χ1) is 13.3. The van der Waals surface area contributed by atoms with E-state index in [1.807, 2.05) is 29.5 Å². The Labute approximate surface area is 164 Å². The van der Waals surface area contributed by atoms with Gasteiger partial charge in [0, 0.05) is 30.9 Å². The molecule has 0 saturated carbocycles. The van der Waals surface area contributed by atoms with Crippen molar-refractivity contribution in [1.29, 1.82) is 0 Å². The average molecular weight is 385 g/mol. The molecule has 0 atom stereocenters. The van der Waals surface area contributed by atoms with Crippen molar-refractivity contribution in [3.63, 3.8) is 0 Å². The van der Waals surface area contributed by atoms with Crippen LogP contribution in [-0.4, -0.2) is 0 Å². The van der Waals surface area contributed by atoms with E-state index in [0.717, 1.165) is 21.9 Å². The van der Waals surface area contributed by atoms with Gasteiger partial charge in [-0.1, -0.05) is 66.2 Å². The summed E-state index contributed by atoms with van der Waals surface area (Å²) in [7, 11) is 0. The molecule has 0 aliphatic heterocycles. The van der Waals surface area contributed by atoms with Crippen LogP contribution in [0.25, 0.3) is 53.2 Å². The van der Waals surface area contributed by atoms with Gasteiger partial charge in [-0.05, 0) is 35.4 Å². The molecule has 6 rings (SSSR count). The van der Waals surface area contributed by atoms with E-state index in [1.165, 1.54) is 31.3 Å². The van der Waals surface area contributed by atoms with Gasteiger partial charge >= 0.3 is 0 Å². The molecular formula is C24H13ClOS. The van der Waals surface area contributed by atoms with E-state index in [0.29, 0.717) is 5.02 Å².